The van der Waals surface area contributed by atoms with Crippen molar-refractivity contribution < 1.29 is 9.59 Å². The molecule has 0 aromatic carbocycles. The van der Waals surface area contributed by atoms with Gasteiger partial charge in [-0.05, 0) is 36.1 Å². The number of carbonyl (C=O) groups is 2. The molecule has 0 aliphatic carbocycles. The number of rotatable bonds is 7. The molecule has 2 aromatic heterocycles. The first-order valence-corrected chi connectivity index (χ1v) is 8.40. The van der Waals surface area contributed by atoms with E-state index in [0.29, 0.717) is 17.8 Å². The Labute approximate surface area is 132 Å². The summed E-state index contributed by atoms with van der Waals surface area (Å²) in [6, 6.07) is 7.55. The fourth-order valence-corrected chi connectivity index (χ4v) is 3.22. The van der Waals surface area contributed by atoms with Crippen LogP contribution in [0.5, 0.6) is 0 Å². The Kier molecular flexibility index (Phi) is 5.95. The summed E-state index contributed by atoms with van der Waals surface area (Å²) < 4.78 is 0. The van der Waals surface area contributed by atoms with Crippen LogP contribution >= 0.6 is 23.1 Å². The van der Waals surface area contributed by atoms with E-state index < -0.39 is 0 Å². The first-order valence-electron chi connectivity index (χ1n) is 6.54. The minimum absolute atomic E-state index is 0.0236. The third-order valence-electron chi connectivity index (χ3n) is 2.68. The van der Waals surface area contributed by atoms with E-state index >= 15 is 0 Å². The van der Waals surface area contributed by atoms with Gasteiger partial charge in [0.1, 0.15) is 0 Å². The molecular formula is C15H16N2O2S2. The van der Waals surface area contributed by atoms with Gasteiger partial charge in [-0.3, -0.25) is 9.59 Å². The first kappa shape index (κ1) is 15.7. The molecule has 0 atom stereocenters. The van der Waals surface area contributed by atoms with Crippen molar-refractivity contribution in [1.29, 1.82) is 0 Å². The second kappa shape index (κ2) is 7.95. The lowest BCUT2D eigenvalue weighted by Gasteiger charge is -2.04. The number of nitrogens with zero attached hydrogens (tertiary/aromatic N) is 1. The number of pyridine rings is 1. The van der Waals surface area contributed by atoms with Gasteiger partial charge in [0.15, 0.2) is 5.78 Å². The minimum atomic E-state index is -0.0236. The van der Waals surface area contributed by atoms with E-state index in [-0.39, 0.29) is 11.7 Å². The van der Waals surface area contributed by atoms with Crippen LogP contribution in [0.3, 0.4) is 0 Å². The molecule has 1 N–H and O–H groups in total. The van der Waals surface area contributed by atoms with E-state index in [1.165, 1.54) is 18.3 Å². The van der Waals surface area contributed by atoms with Crippen LogP contribution in [-0.2, 0) is 11.2 Å². The number of hydrogen-bond acceptors (Lipinski definition) is 5. The van der Waals surface area contributed by atoms with E-state index in [9.17, 15) is 9.59 Å². The Morgan fingerprint density at radius 3 is 2.90 bits per heavy atom. The summed E-state index contributed by atoms with van der Waals surface area (Å²) in [6.07, 6.45) is 2.07. The molecule has 110 valence electrons. The Balaban J connectivity index is 1.68. The quantitative estimate of drug-likeness (QED) is 0.484. The van der Waals surface area contributed by atoms with Crippen LogP contribution in [0.25, 0.3) is 0 Å². The zero-order valence-electron chi connectivity index (χ0n) is 11.7. The fraction of sp³-hybridized carbons (Fsp3) is 0.267. The number of thiophene rings is 1. The topological polar surface area (TPSA) is 59.1 Å². The Morgan fingerprint density at radius 2 is 2.24 bits per heavy atom. The number of nitrogens with one attached hydrogen (secondary N) is 1. The highest BCUT2D eigenvalue weighted by atomic mass is 32.2. The van der Waals surface area contributed by atoms with Gasteiger partial charge in [-0.25, -0.2) is 4.98 Å². The molecule has 2 rings (SSSR count). The lowest BCUT2D eigenvalue weighted by molar-refractivity contribution is -0.120. The molecule has 0 aliphatic heterocycles. The largest absolute Gasteiger partial charge is 0.355 e. The van der Waals surface area contributed by atoms with Crippen LogP contribution < -0.4 is 5.32 Å². The second-order valence-corrected chi connectivity index (χ2v) is 6.44. The van der Waals surface area contributed by atoms with Gasteiger partial charge in [0.05, 0.1) is 16.3 Å². The third kappa shape index (κ3) is 5.32. The van der Waals surface area contributed by atoms with Crippen molar-refractivity contribution in [3.63, 3.8) is 0 Å². The molecule has 0 bridgehead atoms. The SMILES string of the molecule is CC(=O)c1cc(CC(=O)NCCSc2ccccn2)cs1. The number of ketones is 1. The fourth-order valence-electron chi connectivity index (χ4n) is 1.68. The summed E-state index contributed by atoms with van der Waals surface area (Å²) in [6.45, 7) is 2.13. The minimum Gasteiger partial charge on any atom is -0.355 e. The zero-order valence-corrected chi connectivity index (χ0v) is 13.3. The molecular weight excluding hydrogens is 304 g/mol. The number of hydrogen-bond donors (Lipinski definition) is 1. The summed E-state index contributed by atoms with van der Waals surface area (Å²) in [4.78, 5) is 27.9. The Hall–Kier alpha value is -1.66. The molecule has 0 unspecified atom stereocenters. The number of carbonyl (C=O) groups excluding carboxylic acids is 2. The molecule has 0 saturated carbocycles. The van der Waals surface area contributed by atoms with E-state index in [0.717, 1.165) is 16.3 Å². The van der Waals surface area contributed by atoms with E-state index in [2.05, 4.69) is 10.3 Å². The molecule has 2 heterocycles. The Bertz CT molecular complexity index is 611. The maximum absolute atomic E-state index is 11.8. The zero-order chi connectivity index (χ0) is 15.1. The van der Waals surface area contributed by atoms with Gasteiger partial charge < -0.3 is 5.32 Å². The van der Waals surface area contributed by atoms with Gasteiger partial charge in [-0.2, -0.15) is 0 Å². The van der Waals surface area contributed by atoms with Crippen molar-refractivity contribution in [2.75, 3.05) is 12.3 Å². The van der Waals surface area contributed by atoms with Gasteiger partial charge in [0, 0.05) is 18.5 Å². The summed E-state index contributed by atoms with van der Waals surface area (Å²) in [5.41, 5.74) is 0.889. The molecule has 0 radical (unpaired) electrons. The van der Waals surface area contributed by atoms with Crippen molar-refractivity contribution >= 4 is 34.8 Å². The number of thioether (sulfide) groups is 1. The van der Waals surface area contributed by atoms with Gasteiger partial charge >= 0.3 is 0 Å². The average Bonchev–Trinajstić information content (AvgIpc) is 2.93. The highest BCUT2D eigenvalue weighted by Gasteiger charge is 2.08. The Morgan fingerprint density at radius 1 is 1.38 bits per heavy atom. The summed E-state index contributed by atoms with van der Waals surface area (Å²) >= 11 is 2.99. The molecule has 21 heavy (non-hydrogen) atoms. The summed E-state index contributed by atoms with van der Waals surface area (Å²) in [7, 11) is 0. The van der Waals surface area contributed by atoms with Gasteiger partial charge in [0.25, 0.3) is 0 Å². The van der Waals surface area contributed by atoms with Crippen LogP contribution in [0.1, 0.15) is 22.2 Å². The van der Waals surface area contributed by atoms with Crippen LogP contribution in [0.2, 0.25) is 0 Å². The maximum Gasteiger partial charge on any atom is 0.224 e. The second-order valence-electron chi connectivity index (χ2n) is 4.42. The predicted molar refractivity (Wildman–Crippen MR) is 86.0 cm³/mol. The van der Waals surface area contributed by atoms with Crippen molar-refractivity contribution in [3.05, 3.63) is 46.3 Å². The predicted octanol–water partition coefficient (Wildman–Crippen LogP) is 2.80. The van der Waals surface area contributed by atoms with E-state index in [1.807, 2.05) is 23.6 Å². The third-order valence-corrected chi connectivity index (χ3v) is 4.70. The molecule has 0 spiro atoms. The van der Waals surface area contributed by atoms with Crippen molar-refractivity contribution in [3.8, 4) is 0 Å². The van der Waals surface area contributed by atoms with Crippen LogP contribution in [0.4, 0.5) is 0 Å². The normalized spacial score (nSPS) is 10.3. The van der Waals surface area contributed by atoms with Crippen LogP contribution in [-0.4, -0.2) is 29.0 Å². The lowest BCUT2D eigenvalue weighted by Crippen LogP contribution is -2.27. The number of amides is 1. The van der Waals surface area contributed by atoms with Gasteiger partial charge in [0.2, 0.25) is 5.91 Å². The molecule has 0 saturated heterocycles. The van der Waals surface area contributed by atoms with Crippen LogP contribution in [0.15, 0.2) is 40.9 Å². The molecule has 6 heteroatoms. The molecule has 1 amide bonds. The maximum atomic E-state index is 11.8. The smallest absolute Gasteiger partial charge is 0.224 e. The highest BCUT2D eigenvalue weighted by molar-refractivity contribution is 7.99. The molecule has 4 nitrogen and oxygen atoms in total. The molecule has 0 aliphatic rings. The number of Topliss-reactive ketones (excluding diaryl/α,β-unsaturated/α-hetero) is 1. The van der Waals surface area contributed by atoms with E-state index in [1.54, 1.807) is 24.0 Å². The average molecular weight is 320 g/mol. The lowest BCUT2D eigenvalue weighted by atomic mass is 10.2. The number of aromatic nitrogens is 1. The first-order chi connectivity index (χ1) is 10.1. The van der Waals surface area contributed by atoms with Crippen molar-refractivity contribution in [2.24, 2.45) is 0 Å². The summed E-state index contributed by atoms with van der Waals surface area (Å²) in [5.74, 6) is 0.799. The summed E-state index contributed by atoms with van der Waals surface area (Å²) in [5, 5.41) is 5.69. The van der Waals surface area contributed by atoms with Crippen molar-refractivity contribution in [1.82, 2.24) is 10.3 Å². The standard InChI is InChI=1S/C15H16N2O2S2/c1-11(18)13-8-12(10-21-13)9-14(19)16-6-7-20-15-4-2-3-5-17-15/h2-5,8,10H,6-7,9H2,1H3,(H,16,19). The van der Waals surface area contributed by atoms with E-state index in [4.69, 9.17) is 0 Å². The van der Waals surface area contributed by atoms with Crippen LogP contribution in [0, 0.1) is 0 Å². The molecule has 0 fully saturated rings. The van der Waals surface area contributed by atoms with Crippen molar-refractivity contribution in [2.45, 2.75) is 18.4 Å². The van der Waals surface area contributed by atoms with Gasteiger partial charge in [-0.1, -0.05) is 6.07 Å². The highest BCUT2D eigenvalue weighted by Crippen LogP contribution is 2.16. The van der Waals surface area contributed by atoms with Gasteiger partial charge in [-0.15, -0.1) is 23.1 Å². The molecule has 2 aromatic rings. The monoisotopic (exact) mass is 320 g/mol.